The lowest BCUT2D eigenvalue weighted by atomic mass is 9.95. The van der Waals surface area contributed by atoms with Gasteiger partial charge in [0.15, 0.2) is 0 Å². The van der Waals surface area contributed by atoms with Gasteiger partial charge in [0.1, 0.15) is 6.04 Å². The molecular formula is C14H13N3O4. The molecule has 1 atom stereocenters. The Hall–Kier alpha value is -2.57. The summed E-state index contributed by atoms with van der Waals surface area (Å²) in [4.78, 5) is 52.8. The summed E-state index contributed by atoms with van der Waals surface area (Å²) >= 11 is 0. The monoisotopic (exact) mass is 287 g/mol. The van der Waals surface area contributed by atoms with Gasteiger partial charge in [-0.3, -0.25) is 34.4 Å². The Morgan fingerprint density at radius 3 is 2.76 bits per heavy atom. The van der Waals surface area contributed by atoms with E-state index in [0.29, 0.717) is 11.1 Å². The first kappa shape index (κ1) is 13.4. The molecule has 0 radical (unpaired) electrons. The highest BCUT2D eigenvalue weighted by Crippen LogP contribution is 2.24. The highest BCUT2D eigenvalue weighted by molar-refractivity contribution is 6.13. The van der Waals surface area contributed by atoms with E-state index < -0.39 is 23.8 Å². The second kappa shape index (κ2) is 4.76. The number of carbonyl (C=O) groups is 4. The fourth-order valence-electron chi connectivity index (χ4n) is 2.69. The standard InChI is InChI=1S/C14H13N3O4/c1-7-4-8-5-12(19)17(14(21)9(8)6-15-7)10-2-3-11(18)16-13(10)20/h4,6,10H,2-3,5H2,1H3,(H,16,18,20). The van der Waals surface area contributed by atoms with Crippen LogP contribution in [0.25, 0.3) is 0 Å². The van der Waals surface area contributed by atoms with Gasteiger partial charge in [-0.2, -0.15) is 0 Å². The molecule has 1 aromatic heterocycles. The van der Waals surface area contributed by atoms with E-state index in [0.717, 1.165) is 10.6 Å². The number of pyridine rings is 1. The van der Waals surface area contributed by atoms with Crippen molar-refractivity contribution in [3.8, 4) is 0 Å². The molecule has 1 saturated heterocycles. The van der Waals surface area contributed by atoms with Crippen LogP contribution in [0.15, 0.2) is 12.3 Å². The first-order valence-electron chi connectivity index (χ1n) is 6.63. The maximum atomic E-state index is 12.5. The molecule has 0 aliphatic carbocycles. The van der Waals surface area contributed by atoms with Crippen LogP contribution in [-0.2, 0) is 20.8 Å². The molecule has 4 amide bonds. The quantitative estimate of drug-likeness (QED) is 0.717. The molecule has 0 saturated carbocycles. The van der Waals surface area contributed by atoms with Crippen LogP contribution >= 0.6 is 0 Å². The molecule has 1 aromatic rings. The van der Waals surface area contributed by atoms with Crippen LogP contribution in [0.4, 0.5) is 0 Å². The Morgan fingerprint density at radius 2 is 2.05 bits per heavy atom. The van der Waals surface area contributed by atoms with Crippen LogP contribution in [0, 0.1) is 6.92 Å². The molecule has 0 spiro atoms. The highest BCUT2D eigenvalue weighted by Gasteiger charge is 2.41. The van der Waals surface area contributed by atoms with Gasteiger partial charge in [-0.15, -0.1) is 0 Å². The Morgan fingerprint density at radius 1 is 1.29 bits per heavy atom. The average molecular weight is 287 g/mol. The molecule has 0 aromatic carbocycles. The van der Waals surface area contributed by atoms with E-state index in [1.54, 1.807) is 13.0 Å². The lowest BCUT2D eigenvalue weighted by molar-refractivity contribution is -0.143. The van der Waals surface area contributed by atoms with E-state index >= 15 is 0 Å². The number of rotatable bonds is 1. The maximum absolute atomic E-state index is 12.5. The number of imide groups is 2. The number of fused-ring (bicyclic) bond motifs is 1. The lowest BCUT2D eigenvalue weighted by Gasteiger charge is -2.34. The minimum Gasteiger partial charge on any atom is -0.295 e. The molecule has 3 rings (SSSR count). The minimum atomic E-state index is -0.919. The number of carbonyl (C=O) groups excluding carboxylic acids is 4. The van der Waals surface area contributed by atoms with Crippen LogP contribution in [0.3, 0.4) is 0 Å². The van der Waals surface area contributed by atoms with Crippen LogP contribution in [0.5, 0.6) is 0 Å². The number of nitrogens with zero attached hydrogens (tertiary/aromatic N) is 2. The highest BCUT2D eigenvalue weighted by atomic mass is 16.2. The zero-order valence-corrected chi connectivity index (χ0v) is 11.4. The van der Waals surface area contributed by atoms with E-state index in [2.05, 4.69) is 10.3 Å². The average Bonchev–Trinajstić information content (AvgIpc) is 2.40. The van der Waals surface area contributed by atoms with Crippen molar-refractivity contribution < 1.29 is 19.2 Å². The molecule has 108 valence electrons. The Kier molecular flexibility index (Phi) is 3.04. The van der Waals surface area contributed by atoms with Crippen molar-refractivity contribution in [1.82, 2.24) is 15.2 Å². The van der Waals surface area contributed by atoms with E-state index in [1.165, 1.54) is 6.20 Å². The number of amides is 4. The number of piperidine rings is 1. The summed E-state index contributed by atoms with van der Waals surface area (Å²) in [7, 11) is 0. The Labute approximate surface area is 120 Å². The predicted molar refractivity (Wildman–Crippen MR) is 70.0 cm³/mol. The Balaban J connectivity index is 1.96. The normalized spacial score (nSPS) is 22.1. The van der Waals surface area contributed by atoms with Crippen molar-refractivity contribution in [2.75, 3.05) is 0 Å². The zero-order chi connectivity index (χ0) is 15.1. The molecule has 1 N–H and O–H groups in total. The molecule has 1 fully saturated rings. The van der Waals surface area contributed by atoms with Gasteiger partial charge in [-0.25, -0.2) is 0 Å². The number of hydrogen-bond acceptors (Lipinski definition) is 5. The SMILES string of the molecule is Cc1cc2c(cn1)C(=O)N(C1CCC(=O)NC1=O)C(=O)C2. The molecule has 1 unspecified atom stereocenters. The van der Waals surface area contributed by atoms with Crippen LogP contribution < -0.4 is 5.32 Å². The van der Waals surface area contributed by atoms with Crippen LogP contribution in [-0.4, -0.2) is 39.6 Å². The van der Waals surface area contributed by atoms with Gasteiger partial charge >= 0.3 is 0 Å². The van der Waals surface area contributed by atoms with Crippen molar-refractivity contribution >= 4 is 23.6 Å². The van der Waals surface area contributed by atoms with Gasteiger partial charge in [0.25, 0.3) is 5.91 Å². The summed E-state index contributed by atoms with van der Waals surface area (Å²) in [5.74, 6) is -1.93. The molecule has 2 aliphatic heterocycles. The number of nitrogens with one attached hydrogen (secondary N) is 1. The summed E-state index contributed by atoms with van der Waals surface area (Å²) in [5, 5.41) is 2.16. The third kappa shape index (κ3) is 2.20. The van der Waals surface area contributed by atoms with E-state index in [9.17, 15) is 19.2 Å². The first-order chi connectivity index (χ1) is 9.97. The predicted octanol–water partition coefficient (Wildman–Crippen LogP) is -0.280. The topological polar surface area (TPSA) is 96.4 Å². The fourth-order valence-corrected chi connectivity index (χ4v) is 2.69. The van der Waals surface area contributed by atoms with E-state index in [-0.39, 0.29) is 25.2 Å². The van der Waals surface area contributed by atoms with Crippen molar-refractivity contribution in [3.63, 3.8) is 0 Å². The molecular weight excluding hydrogens is 274 g/mol. The summed E-state index contributed by atoms with van der Waals surface area (Å²) in [5.41, 5.74) is 1.69. The summed E-state index contributed by atoms with van der Waals surface area (Å²) in [6.07, 6.45) is 1.77. The Bertz CT molecular complexity index is 683. The van der Waals surface area contributed by atoms with Crippen molar-refractivity contribution in [3.05, 3.63) is 29.1 Å². The zero-order valence-electron chi connectivity index (χ0n) is 11.4. The third-order valence-electron chi connectivity index (χ3n) is 3.71. The smallest absolute Gasteiger partial charge is 0.263 e. The molecule has 7 heteroatoms. The van der Waals surface area contributed by atoms with E-state index in [1.807, 2.05) is 0 Å². The van der Waals surface area contributed by atoms with Gasteiger partial charge < -0.3 is 0 Å². The largest absolute Gasteiger partial charge is 0.295 e. The van der Waals surface area contributed by atoms with Gasteiger partial charge in [0.05, 0.1) is 12.0 Å². The van der Waals surface area contributed by atoms with Gasteiger partial charge in [-0.1, -0.05) is 0 Å². The second-order valence-corrected chi connectivity index (χ2v) is 5.20. The van der Waals surface area contributed by atoms with Crippen molar-refractivity contribution in [2.45, 2.75) is 32.2 Å². The summed E-state index contributed by atoms with van der Waals surface area (Å²) in [6.45, 7) is 1.78. The molecule has 0 bridgehead atoms. The first-order valence-corrected chi connectivity index (χ1v) is 6.63. The third-order valence-corrected chi connectivity index (χ3v) is 3.71. The minimum absolute atomic E-state index is 0.0577. The number of aryl methyl sites for hydroxylation is 1. The van der Waals surface area contributed by atoms with Crippen LogP contribution in [0.2, 0.25) is 0 Å². The fraction of sp³-hybridized carbons (Fsp3) is 0.357. The second-order valence-electron chi connectivity index (χ2n) is 5.20. The molecule has 3 heterocycles. The number of hydrogen-bond donors (Lipinski definition) is 1. The van der Waals surface area contributed by atoms with Gasteiger partial charge in [0, 0.05) is 18.3 Å². The molecule has 7 nitrogen and oxygen atoms in total. The molecule has 21 heavy (non-hydrogen) atoms. The maximum Gasteiger partial charge on any atom is 0.263 e. The summed E-state index contributed by atoms with van der Waals surface area (Å²) in [6, 6.07) is 0.782. The summed E-state index contributed by atoms with van der Waals surface area (Å²) < 4.78 is 0. The van der Waals surface area contributed by atoms with Gasteiger partial charge in [0.2, 0.25) is 17.7 Å². The lowest BCUT2D eigenvalue weighted by Crippen LogP contribution is -2.58. The van der Waals surface area contributed by atoms with Crippen LogP contribution in [0.1, 0.15) is 34.5 Å². The number of aromatic nitrogens is 1. The molecule has 2 aliphatic rings. The van der Waals surface area contributed by atoms with Gasteiger partial charge in [-0.05, 0) is 25.0 Å². The van der Waals surface area contributed by atoms with Crippen molar-refractivity contribution in [2.24, 2.45) is 0 Å². The van der Waals surface area contributed by atoms with Crippen molar-refractivity contribution in [1.29, 1.82) is 0 Å². The van der Waals surface area contributed by atoms with E-state index in [4.69, 9.17) is 0 Å².